The highest BCUT2D eigenvalue weighted by Gasteiger charge is 2.07. The molecule has 1 N–H and O–H groups in total. The fraction of sp³-hybridized carbons (Fsp3) is 0.308. The molecule has 2 heteroatoms. The first-order valence-electron chi connectivity index (χ1n) is 5.30. The lowest BCUT2D eigenvalue weighted by atomic mass is 9.93. The Morgan fingerprint density at radius 1 is 1.13 bits per heavy atom. The van der Waals surface area contributed by atoms with Crippen LogP contribution in [0.3, 0.4) is 0 Å². The topological polar surface area (TPSA) is 37.3 Å². The zero-order chi connectivity index (χ0) is 10.7. The van der Waals surface area contributed by atoms with E-state index in [0.717, 1.165) is 12.8 Å². The van der Waals surface area contributed by atoms with Gasteiger partial charge in [0.1, 0.15) is 0 Å². The Balaban J connectivity index is 2.23. The molecule has 2 nitrogen and oxygen atoms in total. The highest BCUT2D eigenvalue weighted by atomic mass is 16.4. The summed E-state index contributed by atoms with van der Waals surface area (Å²) >= 11 is 0. The molecule has 0 heterocycles. The number of rotatable bonds is 2. The van der Waals surface area contributed by atoms with Crippen molar-refractivity contribution in [2.24, 2.45) is 0 Å². The van der Waals surface area contributed by atoms with E-state index >= 15 is 0 Å². The van der Waals surface area contributed by atoms with E-state index < -0.39 is 5.97 Å². The number of allylic oxidation sites excluding steroid dienone is 2. The van der Waals surface area contributed by atoms with Crippen LogP contribution in [0.4, 0.5) is 0 Å². The van der Waals surface area contributed by atoms with Gasteiger partial charge in [0, 0.05) is 0 Å². The van der Waals surface area contributed by atoms with Gasteiger partial charge in [-0.1, -0.05) is 18.2 Å². The average Bonchev–Trinajstić information content (AvgIpc) is 2.30. The number of hydrogen-bond donors (Lipinski definition) is 1. The molecule has 1 aliphatic carbocycles. The fourth-order valence-electron chi connectivity index (χ4n) is 1.93. The van der Waals surface area contributed by atoms with Crippen molar-refractivity contribution in [3.05, 3.63) is 41.5 Å². The molecule has 78 valence electrons. The van der Waals surface area contributed by atoms with Crippen molar-refractivity contribution >= 4 is 11.5 Å². The summed E-state index contributed by atoms with van der Waals surface area (Å²) < 4.78 is 0. The maximum Gasteiger partial charge on any atom is 0.335 e. The van der Waals surface area contributed by atoms with Gasteiger partial charge in [-0.05, 0) is 49.0 Å². The third kappa shape index (κ3) is 2.27. The lowest BCUT2D eigenvalue weighted by Gasteiger charge is -2.12. The molecule has 0 atom stereocenters. The Morgan fingerprint density at radius 3 is 2.40 bits per heavy atom. The second kappa shape index (κ2) is 4.30. The van der Waals surface area contributed by atoms with Crippen molar-refractivity contribution in [1.29, 1.82) is 0 Å². The number of benzene rings is 1. The van der Waals surface area contributed by atoms with Gasteiger partial charge in [-0.2, -0.15) is 0 Å². The summed E-state index contributed by atoms with van der Waals surface area (Å²) in [4.78, 5) is 10.7. The molecule has 0 spiro atoms. The third-order valence-corrected chi connectivity index (χ3v) is 2.79. The van der Waals surface area contributed by atoms with Gasteiger partial charge in [0.05, 0.1) is 5.56 Å². The van der Waals surface area contributed by atoms with Crippen LogP contribution in [-0.2, 0) is 0 Å². The SMILES string of the molecule is O=C(O)c1ccc(C2=CCCCC2)cc1. The second-order valence-electron chi connectivity index (χ2n) is 3.86. The summed E-state index contributed by atoms with van der Waals surface area (Å²) in [6.45, 7) is 0. The van der Waals surface area contributed by atoms with Gasteiger partial charge in [0.25, 0.3) is 0 Å². The molecule has 0 unspecified atom stereocenters. The van der Waals surface area contributed by atoms with Crippen LogP contribution >= 0.6 is 0 Å². The van der Waals surface area contributed by atoms with Gasteiger partial charge in [0.15, 0.2) is 0 Å². The predicted molar refractivity (Wildman–Crippen MR) is 59.8 cm³/mol. The Kier molecular flexibility index (Phi) is 2.86. The molecular weight excluding hydrogens is 188 g/mol. The molecular formula is C13H14O2. The summed E-state index contributed by atoms with van der Waals surface area (Å²) in [5.74, 6) is -0.862. The van der Waals surface area contributed by atoms with Gasteiger partial charge in [-0.3, -0.25) is 0 Å². The van der Waals surface area contributed by atoms with E-state index in [2.05, 4.69) is 6.08 Å². The molecule has 1 aromatic rings. The Hall–Kier alpha value is -1.57. The van der Waals surface area contributed by atoms with E-state index in [1.165, 1.54) is 24.0 Å². The van der Waals surface area contributed by atoms with Crippen LogP contribution in [0.15, 0.2) is 30.3 Å². The molecule has 0 bridgehead atoms. The first kappa shape index (κ1) is 9.97. The minimum absolute atomic E-state index is 0.357. The molecule has 0 fully saturated rings. The van der Waals surface area contributed by atoms with Crippen molar-refractivity contribution < 1.29 is 9.90 Å². The minimum Gasteiger partial charge on any atom is -0.478 e. The van der Waals surface area contributed by atoms with E-state index in [-0.39, 0.29) is 0 Å². The van der Waals surface area contributed by atoms with Crippen LogP contribution in [-0.4, -0.2) is 11.1 Å². The molecule has 1 aliphatic rings. The molecule has 0 aromatic heterocycles. The highest BCUT2D eigenvalue weighted by molar-refractivity contribution is 5.88. The van der Waals surface area contributed by atoms with Crippen LogP contribution < -0.4 is 0 Å². The van der Waals surface area contributed by atoms with Gasteiger partial charge >= 0.3 is 5.97 Å². The quantitative estimate of drug-likeness (QED) is 0.798. The molecule has 1 aromatic carbocycles. The Morgan fingerprint density at radius 2 is 1.87 bits per heavy atom. The standard InChI is InChI=1S/C13H14O2/c14-13(15)12-8-6-11(7-9-12)10-4-2-1-3-5-10/h4,6-9H,1-3,5H2,(H,14,15). The van der Waals surface area contributed by atoms with E-state index in [0.29, 0.717) is 5.56 Å². The van der Waals surface area contributed by atoms with Crippen molar-refractivity contribution in [3.8, 4) is 0 Å². The molecule has 0 saturated carbocycles. The number of hydrogen-bond acceptors (Lipinski definition) is 1. The summed E-state index contributed by atoms with van der Waals surface area (Å²) in [6.07, 6.45) is 7.05. The van der Waals surface area contributed by atoms with E-state index in [1.54, 1.807) is 12.1 Å². The Labute approximate surface area is 89.2 Å². The van der Waals surface area contributed by atoms with Crippen molar-refractivity contribution in [2.75, 3.05) is 0 Å². The summed E-state index contributed by atoms with van der Waals surface area (Å²) in [5, 5.41) is 8.77. The number of carboxylic acids is 1. The molecule has 2 rings (SSSR count). The maximum absolute atomic E-state index is 10.7. The zero-order valence-electron chi connectivity index (χ0n) is 8.57. The molecule has 15 heavy (non-hydrogen) atoms. The van der Waals surface area contributed by atoms with Crippen LogP contribution in [0, 0.1) is 0 Å². The Bertz CT molecular complexity index is 388. The van der Waals surface area contributed by atoms with Gasteiger partial charge in [-0.25, -0.2) is 4.79 Å². The van der Waals surface area contributed by atoms with Gasteiger partial charge in [0.2, 0.25) is 0 Å². The third-order valence-electron chi connectivity index (χ3n) is 2.79. The second-order valence-corrected chi connectivity index (χ2v) is 3.86. The van der Waals surface area contributed by atoms with E-state index in [4.69, 9.17) is 5.11 Å². The summed E-state index contributed by atoms with van der Waals surface area (Å²) in [5.41, 5.74) is 2.88. The molecule has 0 radical (unpaired) electrons. The van der Waals surface area contributed by atoms with Crippen LogP contribution in [0.25, 0.3) is 5.57 Å². The smallest absolute Gasteiger partial charge is 0.335 e. The van der Waals surface area contributed by atoms with E-state index in [9.17, 15) is 4.79 Å². The van der Waals surface area contributed by atoms with Crippen LogP contribution in [0.5, 0.6) is 0 Å². The largest absolute Gasteiger partial charge is 0.478 e. The fourth-order valence-corrected chi connectivity index (χ4v) is 1.93. The van der Waals surface area contributed by atoms with E-state index in [1.807, 2.05) is 12.1 Å². The molecule has 0 aliphatic heterocycles. The number of carbonyl (C=O) groups is 1. The van der Waals surface area contributed by atoms with Crippen molar-refractivity contribution in [2.45, 2.75) is 25.7 Å². The lowest BCUT2D eigenvalue weighted by molar-refractivity contribution is 0.0697. The maximum atomic E-state index is 10.7. The average molecular weight is 202 g/mol. The predicted octanol–water partition coefficient (Wildman–Crippen LogP) is 3.34. The zero-order valence-corrected chi connectivity index (χ0v) is 8.57. The van der Waals surface area contributed by atoms with Crippen LogP contribution in [0.1, 0.15) is 41.6 Å². The highest BCUT2D eigenvalue weighted by Crippen LogP contribution is 2.26. The van der Waals surface area contributed by atoms with Crippen molar-refractivity contribution in [3.63, 3.8) is 0 Å². The first-order chi connectivity index (χ1) is 7.27. The molecule has 0 saturated heterocycles. The summed E-state index contributed by atoms with van der Waals surface area (Å²) in [6, 6.07) is 7.15. The monoisotopic (exact) mass is 202 g/mol. The molecule has 0 amide bonds. The minimum atomic E-state index is -0.862. The number of aromatic carboxylic acids is 1. The van der Waals surface area contributed by atoms with Gasteiger partial charge < -0.3 is 5.11 Å². The lowest BCUT2D eigenvalue weighted by Crippen LogP contribution is -1.97. The first-order valence-corrected chi connectivity index (χ1v) is 5.30. The summed E-state index contributed by atoms with van der Waals surface area (Å²) in [7, 11) is 0. The van der Waals surface area contributed by atoms with Crippen molar-refractivity contribution in [1.82, 2.24) is 0 Å². The van der Waals surface area contributed by atoms with Crippen LogP contribution in [0.2, 0.25) is 0 Å². The number of carboxylic acid groups (broad SMARTS) is 1. The normalized spacial score (nSPS) is 15.9. The van der Waals surface area contributed by atoms with Gasteiger partial charge in [-0.15, -0.1) is 0 Å².